The van der Waals surface area contributed by atoms with Crippen molar-refractivity contribution in [1.82, 2.24) is 9.80 Å². The van der Waals surface area contributed by atoms with Gasteiger partial charge in [0.05, 0.1) is 29.7 Å². The van der Waals surface area contributed by atoms with Crippen LogP contribution in [0.4, 0.5) is 0 Å². The lowest BCUT2D eigenvalue weighted by atomic mass is 9.88. The normalized spacial score (nSPS) is 27.6. The van der Waals surface area contributed by atoms with Crippen LogP contribution in [0.2, 0.25) is 0 Å². The highest BCUT2D eigenvalue weighted by atomic mass is 16.5. The van der Waals surface area contributed by atoms with E-state index in [0.717, 1.165) is 37.1 Å². The molecular weight excluding hydrogens is 438 g/mol. The molecule has 0 aromatic heterocycles. The molecule has 0 aromatic carbocycles. The third kappa shape index (κ3) is 5.07. The van der Waals surface area contributed by atoms with Crippen molar-refractivity contribution in [2.45, 2.75) is 90.4 Å². The molecule has 1 fully saturated rings. The molecule has 3 atom stereocenters. The van der Waals surface area contributed by atoms with Crippen LogP contribution in [0.5, 0.6) is 0 Å². The third-order valence-electron chi connectivity index (χ3n) is 7.56. The van der Waals surface area contributed by atoms with Gasteiger partial charge in [-0.3, -0.25) is 19.5 Å². The number of allylic oxidation sites excluding steroid dienone is 4. The van der Waals surface area contributed by atoms with Gasteiger partial charge in [0, 0.05) is 19.0 Å². The van der Waals surface area contributed by atoms with E-state index in [9.17, 15) is 9.59 Å². The van der Waals surface area contributed by atoms with Gasteiger partial charge in [0.2, 0.25) is 5.91 Å². The quantitative estimate of drug-likeness (QED) is 0.361. The van der Waals surface area contributed by atoms with Crippen LogP contribution in [0.25, 0.3) is 0 Å². The summed E-state index contributed by atoms with van der Waals surface area (Å²) >= 11 is 0. The first-order valence-electron chi connectivity index (χ1n) is 13.1. The van der Waals surface area contributed by atoms with Crippen molar-refractivity contribution in [3.05, 3.63) is 59.9 Å². The number of carbonyl (C=O) groups excluding carboxylic acids is 2. The summed E-state index contributed by atoms with van der Waals surface area (Å²) in [7, 11) is 0. The van der Waals surface area contributed by atoms with E-state index in [0.29, 0.717) is 24.3 Å². The van der Waals surface area contributed by atoms with Gasteiger partial charge < -0.3 is 9.64 Å². The van der Waals surface area contributed by atoms with Gasteiger partial charge in [0.25, 0.3) is 5.91 Å². The Bertz CT molecular complexity index is 1010. The Morgan fingerprint density at radius 1 is 1.20 bits per heavy atom. The Balaban J connectivity index is 1.55. The van der Waals surface area contributed by atoms with Gasteiger partial charge in [-0.2, -0.15) is 0 Å². The number of ether oxygens (including phenoxy) is 1. The Morgan fingerprint density at radius 3 is 2.60 bits per heavy atom. The number of carbonyl (C=O) groups is 2. The molecule has 2 heterocycles. The number of amides is 2. The number of amidine groups is 1. The summed E-state index contributed by atoms with van der Waals surface area (Å²) < 4.78 is 5.97. The lowest BCUT2D eigenvalue weighted by Crippen LogP contribution is -2.54. The fourth-order valence-corrected chi connectivity index (χ4v) is 5.67. The first-order chi connectivity index (χ1) is 16.8. The molecule has 2 aliphatic heterocycles. The summed E-state index contributed by atoms with van der Waals surface area (Å²) in [6.45, 7) is 12.3. The molecule has 3 unspecified atom stereocenters. The highest BCUT2D eigenvalue weighted by Crippen LogP contribution is 2.34. The topological polar surface area (TPSA) is 62.2 Å². The molecule has 188 valence electrons. The Labute approximate surface area is 209 Å². The fraction of sp³-hybridized carbons (Fsp3) is 0.552. The standard InChI is InChI=1S/C29H39N3O3/c1-6-12-25(35-19(2)3)27-20(4)21(5)31(29(27)34)18-17-26-30-24-16-11-10-15-23(24)28(33)32(26)22-13-8-7-9-14-22/h6,10-12,15-16,19,21-24H,1,7-9,13-14,17-18H2,2-5H3. The van der Waals surface area contributed by atoms with Crippen LogP contribution in [0.3, 0.4) is 0 Å². The number of hydrogen-bond donors (Lipinski definition) is 0. The zero-order chi connectivity index (χ0) is 25.1. The van der Waals surface area contributed by atoms with E-state index < -0.39 is 0 Å². The molecule has 6 heteroatoms. The van der Waals surface area contributed by atoms with Crippen molar-refractivity contribution in [3.63, 3.8) is 0 Å². The van der Waals surface area contributed by atoms with Crippen molar-refractivity contribution < 1.29 is 14.3 Å². The number of rotatable bonds is 8. The SMILES string of the molecule is C=CC=C(OC(C)C)C1=C(C)C(C)N(CCC2=NC3C=CC=CC3C(=O)N2C2CCCCC2)C1=O. The maximum atomic E-state index is 13.6. The zero-order valence-electron chi connectivity index (χ0n) is 21.6. The lowest BCUT2D eigenvalue weighted by Gasteiger charge is -2.41. The minimum atomic E-state index is -0.215. The van der Waals surface area contributed by atoms with Crippen LogP contribution in [-0.4, -0.2) is 58.2 Å². The molecule has 6 nitrogen and oxygen atoms in total. The summed E-state index contributed by atoms with van der Waals surface area (Å²) in [5.41, 5.74) is 1.62. The molecular formula is C29H39N3O3. The number of hydrogen-bond acceptors (Lipinski definition) is 4. The van der Waals surface area contributed by atoms with Crippen molar-refractivity contribution in [3.8, 4) is 0 Å². The molecule has 0 spiro atoms. The van der Waals surface area contributed by atoms with E-state index >= 15 is 0 Å². The minimum Gasteiger partial charge on any atom is -0.490 e. The van der Waals surface area contributed by atoms with Crippen LogP contribution in [-0.2, 0) is 14.3 Å². The summed E-state index contributed by atoms with van der Waals surface area (Å²) in [6, 6.07) is 0.0137. The first kappa shape index (κ1) is 25.2. The fourth-order valence-electron chi connectivity index (χ4n) is 5.67. The third-order valence-corrected chi connectivity index (χ3v) is 7.56. The average molecular weight is 478 g/mol. The molecule has 2 aliphatic carbocycles. The van der Waals surface area contributed by atoms with Gasteiger partial charge in [-0.25, -0.2) is 0 Å². The number of nitrogens with zero attached hydrogens (tertiary/aromatic N) is 3. The second-order valence-corrected chi connectivity index (χ2v) is 10.2. The van der Waals surface area contributed by atoms with E-state index in [1.807, 2.05) is 54.9 Å². The summed E-state index contributed by atoms with van der Waals surface area (Å²) in [6.07, 6.45) is 17.4. The van der Waals surface area contributed by atoms with Gasteiger partial charge >= 0.3 is 0 Å². The number of fused-ring (bicyclic) bond motifs is 1. The van der Waals surface area contributed by atoms with Crippen molar-refractivity contribution >= 4 is 17.6 Å². The second kappa shape index (κ2) is 10.8. The van der Waals surface area contributed by atoms with Gasteiger partial charge in [0.15, 0.2) is 0 Å². The van der Waals surface area contributed by atoms with Crippen molar-refractivity contribution in [1.29, 1.82) is 0 Å². The molecule has 4 aliphatic rings. The molecule has 0 bridgehead atoms. The average Bonchev–Trinajstić information content (AvgIpc) is 3.05. The summed E-state index contributed by atoms with van der Waals surface area (Å²) in [5, 5.41) is 0. The first-order valence-corrected chi connectivity index (χ1v) is 13.1. The summed E-state index contributed by atoms with van der Waals surface area (Å²) in [4.78, 5) is 36.1. The van der Waals surface area contributed by atoms with Crippen LogP contribution in [0.1, 0.15) is 66.2 Å². The monoisotopic (exact) mass is 477 g/mol. The van der Waals surface area contributed by atoms with Gasteiger partial charge in [0.1, 0.15) is 11.6 Å². The number of aliphatic imine (C=N–C) groups is 1. The molecule has 2 amide bonds. The maximum absolute atomic E-state index is 13.6. The minimum absolute atomic E-state index is 0.0333. The van der Waals surface area contributed by atoms with E-state index in [1.54, 1.807) is 12.2 Å². The van der Waals surface area contributed by atoms with E-state index in [2.05, 4.69) is 13.5 Å². The highest BCUT2D eigenvalue weighted by molar-refractivity contribution is 6.04. The van der Waals surface area contributed by atoms with Crippen molar-refractivity contribution in [2.75, 3.05) is 6.54 Å². The Morgan fingerprint density at radius 2 is 1.91 bits per heavy atom. The predicted octanol–water partition coefficient (Wildman–Crippen LogP) is 5.10. The van der Waals surface area contributed by atoms with Gasteiger partial charge in [-0.15, -0.1) is 0 Å². The van der Waals surface area contributed by atoms with Crippen LogP contribution < -0.4 is 0 Å². The van der Waals surface area contributed by atoms with E-state index in [-0.39, 0.29) is 42.0 Å². The predicted molar refractivity (Wildman–Crippen MR) is 140 cm³/mol. The smallest absolute Gasteiger partial charge is 0.258 e. The lowest BCUT2D eigenvalue weighted by molar-refractivity contribution is -0.133. The molecule has 1 saturated carbocycles. The van der Waals surface area contributed by atoms with Crippen molar-refractivity contribution in [2.24, 2.45) is 10.9 Å². The maximum Gasteiger partial charge on any atom is 0.258 e. The summed E-state index contributed by atoms with van der Waals surface area (Å²) in [5.74, 6) is 1.31. The molecule has 4 rings (SSSR count). The molecule has 35 heavy (non-hydrogen) atoms. The molecule has 0 N–H and O–H groups in total. The van der Waals surface area contributed by atoms with Gasteiger partial charge in [-0.05, 0) is 52.2 Å². The van der Waals surface area contributed by atoms with E-state index in [1.165, 1.54) is 6.42 Å². The Hall–Kier alpha value is -2.89. The van der Waals surface area contributed by atoms with Crippen LogP contribution in [0.15, 0.2) is 64.9 Å². The second-order valence-electron chi connectivity index (χ2n) is 10.2. The Kier molecular flexibility index (Phi) is 7.78. The molecule has 0 aromatic rings. The largest absolute Gasteiger partial charge is 0.490 e. The molecule has 0 radical (unpaired) electrons. The highest BCUT2D eigenvalue weighted by Gasteiger charge is 2.41. The van der Waals surface area contributed by atoms with Crippen LogP contribution in [0, 0.1) is 5.92 Å². The van der Waals surface area contributed by atoms with Crippen LogP contribution >= 0.6 is 0 Å². The van der Waals surface area contributed by atoms with Gasteiger partial charge in [-0.1, -0.05) is 56.2 Å². The zero-order valence-corrected chi connectivity index (χ0v) is 21.6. The van der Waals surface area contributed by atoms with E-state index in [4.69, 9.17) is 9.73 Å². The molecule has 0 saturated heterocycles.